The first kappa shape index (κ1) is 15.7. The van der Waals surface area contributed by atoms with Crippen molar-refractivity contribution in [3.8, 4) is 0 Å². The molecule has 7 nitrogen and oxygen atoms in total. The van der Waals surface area contributed by atoms with Crippen LogP contribution in [0.2, 0.25) is 0 Å². The van der Waals surface area contributed by atoms with Crippen molar-refractivity contribution in [1.82, 2.24) is 20.3 Å². The summed E-state index contributed by atoms with van der Waals surface area (Å²) >= 11 is 1.43. The summed E-state index contributed by atoms with van der Waals surface area (Å²) in [4.78, 5) is 37.7. The fourth-order valence-corrected chi connectivity index (χ4v) is 3.45. The Hall–Kier alpha value is -2.22. The molecule has 2 aromatic heterocycles. The second kappa shape index (κ2) is 6.91. The third kappa shape index (κ3) is 3.58. The van der Waals surface area contributed by atoms with Crippen LogP contribution in [0.4, 0.5) is 5.82 Å². The van der Waals surface area contributed by atoms with Crippen LogP contribution in [0.5, 0.6) is 0 Å². The fourth-order valence-electron chi connectivity index (χ4n) is 2.69. The molecule has 122 valence electrons. The fraction of sp³-hybridized carbons (Fsp3) is 0.467. The first-order chi connectivity index (χ1) is 11.2. The van der Waals surface area contributed by atoms with Gasteiger partial charge in [0.25, 0.3) is 11.5 Å². The van der Waals surface area contributed by atoms with Crippen LogP contribution in [0.15, 0.2) is 23.4 Å². The zero-order valence-electron chi connectivity index (χ0n) is 12.9. The Bertz CT molecular complexity index is 741. The molecule has 3 rings (SSSR count). The topological polar surface area (TPSA) is 91.0 Å². The van der Waals surface area contributed by atoms with Crippen molar-refractivity contribution in [3.05, 3.63) is 38.8 Å². The Labute approximate surface area is 137 Å². The highest BCUT2D eigenvalue weighted by molar-refractivity contribution is 7.13. The number of thiazole rings is 1. The largest absolute Gasteiger partial charge is 0.350 e. The number of rotatable bonds is 4. The lowest BCUT2D eigenvalue weighted by Gasteiger charge is -2.33. The maximum atomic E-state index is 12.3. The molecule has 1 aliphatic heterocycles. The van der Waals surface area contributed by atoms with E-state index in [4.69, 9.17) is 0 Å². The standard InChI is InChI=1S/C15H19N5O2S/c1-2-12-18-8-11(23-12)14(21)19-10-4-3-7-20(9-10)13-15(22)17-6-5-16-13/h5-6,8,10H,2-4,7,9H2,1H3,(H,17,22)(H,19,21). The molecule has 1 saturated heterocycles. The number of carbonyl (C=O) groups excluding carboxylic acids is 1. The molecule has 2 N–H and O–H groups in total. The second-order valence-corrected chi connectivity index (χ2v) is 6.59. The number of aromatic amines is 1. The predicted molar refractivity (Wildman–Crippen MR) is 89.1 cm³/mol. The number of aryl methyl sites for hydroxylation is 1. The molecule has 1 aliphatic rings. The van der Waals surface area contributed by atoms with Crippen molar-refractivity contribution in [3.63, 3.8) is 0 Å². The summed E-state index contributed by atoms with van der Waals surface area (Å²) in [5.74, 6) is 0.321. The van der Waals surface area contributed by atoms with E-state index in [0.29, 0.717) is 17.2 Å². The first-order valence-electron chi connectivity index (χ1n) is 7.71. The minimum Gasteiger partial charge on any atom is -0.350 e. The van der Waals surface area contributed by atoms with E-state index in [2.05, 4.69) is 20.3 Å². The van der Waals surface area contributed by atoms with Gasteiger partial charge in [-0.1, -0.05) is 6.92 Å². The smallest absolute Gasteiger partial charge is 0.290 e. The lowest BCUT2D eigenvalue weighted by Crippen LogP contribution is -2.49. The lowest BCUT2D eigenvalue weighted by molar-refractivity contribution is 0.0937. The van der Waals surface area contributed by atoms with Crippen LogP contribution < -0.4 is 15.8 Å². The number of H-pyrrole nitrogens is 1. The van der Waals surface area contributed by atoms with E-state index in [1.807, 2.05) is 11.8 Å². The third-order valence-electron chi connectivity index (χ3n) is 3.82. The van der Waals surface area contributed by atoms with Crippen LogP contribution in [0.1, 0.15) is 34.4 Å². The number of amides is 1. The van der Waals surface area contributed by atoms with Gasteiger partial charge in [-0.15, -0.1) is 11.3 Å². The molecule has 1 unspecified atom stereocenters. The molecule has 0 saturated carbocycles. The summed E-state index contributed by atoms with van der Waals surface area (Å²) in [6.07, 6.45) is 7.35. The summed E-state index contributed by atoms with van der Waals surface area (Å²) < 4.78 is 0. The van der Waals surface area contributed by atoms with Crippen molar-refractivity contribution in [2.75, 3.05) is 18.0 Å². The number of piperidine rings is 1. The van der Waals surface area contributed by atoms with Gasteiger partial charge in [0.05, 0.1) is 11.2 Å². The van der Waals surface area contributed by atoms with E-state index in [1.165, 1.54) is 17.5 Å². The molecule has 0 radical (unpaired) electrons. The molecule has 3 heterocycles. The van der Waals surface area contributed by atoms with Crippen LogP contribution in [0, 0.1) is 0 Å². The van der Waals surface area contributed by atoms with E-state index >= 15 is 0 Å². The van der Waals surface area contributed by atoms with Gasteiger partial charge in [0.1, 0.15) is 4.88 Å². The highest BCUT2D eigenvalue weighted by Gasteiger charge is 2.24. The number of anilines is 1. The van der Waals surface area contributed by atoms with Gasteiger partial charge in [0.2, 0.25) is 0 Å². The molecule has 0 aromatic carbocycles. The number of aromatic nitrogens is 3. The van der Waals surface area contributed by atoms with Crippen molar-refractivity contribution in [2.45, 2.75) is 32.2 Å². The van der Waals surface area contributed by atoms with Crippen LogP contribution >= 0.6 is 11.3 Å². The molecule has 1 atom stereocenters. The van der Waals surface area contributed by atoms with Gasteiger partial charge in [-0.25, -0.2) is 9.97 Å². The Morgan fingerprint density at radius 3 is 3.13 bits per heavy atom. The van der Waals surface area contributed by atoms with E-state index in [0.717, 1.165) is 30.8 Å². The summed E-state index contributed by atoms with van der Waals surface area (Å²) in [5, 5.41) is 4.00. The molecule has 1 amide bonds. The normalized spacial score (nSPS) is 18.0. The minimum atomic E-state index is -0.200. The van der Waals surface area contributed by atoms with Gasteiger partial charge in [0.15, 0.2) is 5.82 Å². The minimum absolute atomic E-state index is 0.00447. The molecule has 0 spiro atoms. The second-order valence-electron chi connectivity index (χ2n) is 5.47. The first-order valence-corrected chi connectivity index (χ1v) is 8.53. The quantitative estimate of drug-likeness (QED) is 0.877. The third-order valence-corrected chi connectivity index (χ3v) is 4.97. The van der Waals surface area contributed by atoms with Crippen molar-refractivity contribution >= 4 is 23.1 Å². The average Bonchev–Trinajstić information content (AvgIpc) is 3.05. The van der Waals surface area contributed by atoms with Crippen LogP contribution in [-0.4, -0.2) is 40.0 Å². The summed E-state index contributed by atoms with van der Waals surface area (Å²) in [6.45, 7) is 3.38. The highest BCUT2D eigenvalue weighted by atomic mass is 32.1. The van der Waals surface area contributed by atoms with Crippen LogP contribution in [-0.2, 0) is 6.42 Å². The van der Waals surface area contributed by atoms with Gasteiger partial charge in [-0.2, -0.15) is 0 Å². The Morgan fingerprint density at radius 2 is 2.39 bits per heavy atom. The lowest BCUT2D eigenvalue weighted by atomic mass is 10.1. The molecular weight excluding hydrogens is 314 g/mol. The van der Waals surface area contributed by atoms with Gasteiger partial charge in [-0.3, -0.25) is 9.59 Å². The molecule has 0 aliphatic carbocycles. The Morgan fingerprint density at radius 1 is 1.52 bits per heavy atom. The SMILES string of the molecule is CCc1ncc(C(=O)NC2CCCN(c3ncc[nH]c3=O)C2)s1. The molecular formula is C15H19N5O2S. The number of nitrogens with zero attached hydrogens (tertiary/aromatic N) is 3. The number of hydrogen-bond acceptors (Lipinski definition) is 6. The van der Waals surface area contributed by atoms with E-state index in [9.17, 15) is 9.59 Å². The van der Waals surface area contributed by atoms with E-state index in [-0.39, 0.29) is 17.5 Å². The molecule has 1 fully saturated rings. The summed E-state index contributed by atoms with van der Waals surface area (Å²) in [7, 11) is 0. The summed E-state index contributed by atoms with van der Waals surface area (Å²) in [5.41, 5.74) is -0.200. The van der Waals surface area contributed by atoms with Gasteiger partial charge in [-0.05, 0) is 19.3 Å². The van der Waals surface area contributed by atoms with Crippen LogP contribution in [0.25, 0.3) is 0 Å². The zero-order chi connectivity index (χ0) is 16.2. The number of hydrogen-bond donors (Lipinski definition) is 2. The molecule has 23 heavy (non-hydrogen) atoms. The Balaban J connectivity index is 1.66. The predicted octanol–water partition coefficient (Wildman–Crippen LogP) is 1.19. The van der Waals surface area contributed by atoms with Gasteiger partial charge in [0, 0.05) is 31.5 Å². The van der Waals surface area contributed by atoms with Crippen molar-refractivity contribution < 1.29 is 4.79 Å². The molecule has 0 bridgehead atoms. The number of carbonyl (C=O) groups is 1. The molecule has 2 aromatic rings. The van der Waals surface area contributed by atoms with Gasteiger partial charge >= 0.3 is 0 Å². The van der Waals surface area contributed by atoms with Crippen molar-refractivity contribution in [2.24, 2.45) is 0 Å². The van der Waals surface area contributed by atoms with E-state index in [1.54, 1.807) is 12.4 Å². The maximum Gasteiger partial charge on any atom is 0.290 e. The average molecular weight is 333 g/mol. The zero-order valence-corrected chi connectivity index (χ0v) is 13.7. The number of nitrogens with one attached hydrogen (secondary N) is 2. The molecule has 8 heteroatoms. The van der Waals surface area contributed by atoms with Crippen LogP contribution in [0.3, 0.4) is 0 Å². The maximum absolute atomic E-state index is 12.3. The van der Waals surface area contributed by atoms with Gasteiger partial charge < -0.3 is 15.2 Å². The Kier molecular flexibility index (Phi) is 4.71. The van der Waals surface area contributed by atoms with Crippen molar-refractivity contribution in [1.29, 1.82) is 0 Å². The monoisotopic (exact) mass is 333 g/mol. The van der Waals surface area contributed by atoms with E-state index < -0.39 is 0 Å². The highest BCUT2D eigenvalue weighted by Crippen LogP contribution is 2.17. The summed E-state index contributed by atoms with van der Waals surface area (Å²) in [6, 6.07) is 0.00447.